The van der Waals surface area contributed by atoms with Crippen molar-refractivity contribution in [3.63, 3.8) is 0 Å². The molecule has 38 heavy (non-hydrogen) atoms. The van der Waals surface area contributed by atoms with E-state index >= 15 is 4.39 Å². The second kappa shape index (κ2) is 14.8. The largest absolute Gasteiger partial charge is 0.395 e. The Bertz CT molecular complexity index is 888. The van der Waals surface area contributed by atoms with Gasteiger partial charge in [0, 0.05) is 32.4 Å². The first kappa shape index (κ1) is 31.0. The van der Waals surface area contributed by atoms with Crippen LogP contribution in [0.25, 0.3) is 0 Å². The molecular formula is C28H45ClFN3O5. The van der Waals surface area contributed by atoms with Gasteiger partial charge in [0.1, 0.15) is 17.5 Å². The van der Waals surface area contributed by atoms with Gasteiger partial charge in [0.25, 0.3) is 0 Å². The highest BCUT2D eigenvalue weighted by molar-refractivity contribution is 6.30. The summed E-state index contributed by atoms with van der Waals surface area (Å²) in [6.07, 6.45) is 5.82. The Balaban J connectivity index is 1.71. The van der Waals surface area contributed by atoms with Gasteiger partial charge in [0.05, 0.1) is 30.3 Å². The van der Waals surface area contributed by atoms with Gasteiger partial charge in [0.2, 0.25) is 0 Å². The number of amides is 2. The molecule has 0 aromatic heterocycles. The van der Waals surface area contributed by atoms with E-state index in [1.807, 2.05) is 0 Å². The molecule has 216 valence electrons. The summed E-state index contributed by atoms with van der Waals surface area (Å²) in [4.78, 5) is 14.8. The minimum absolute atomic E-state index is 0.0219. The molecule has 10 heteroatoms. The number of nitrogens with zero attached hydrogens (tertiary/aromatic N) is 1. The van der Waals surface area contributed by atoms with Crippen LogP contribution in [0.15, 0.2) is 18.2 Å². The number of halogens is 2. The molecule has 0 unspecified atom stereocenters. The van der Waals surface area contributed by atoms with Crippen LogP contribution in [0.3, 0.4) is 0 Å². The van der Waals surface area contributed by atoms with Crippen LogP contribution < -0.4 is 11.1 Å². The van der Waals surface area contributed by atoms with Gasteiger partial charge in [-0.05, 0) is 43.6 Å². The van der Waals surface area contributed by atoms with E-state index in [-0.39, 0.29) is 31.3 Å². The summed E-state index contributed by atoms with van der Waals surface area (Å²) in [6.45, 7) is 2.88. The Hall–Kier alpha value is -1.49. The molecule has 1 saturated heterocycles. The highest BCUT2D eigenvalue weighted by atomic mass is 35.5. The molecule has 0 radical (unpaired) electrons. The van der Waals surface area contributed by atoms with Crippen molar-refractivity contribution in [3.8, 4) is 0 Å². The van der Waals surface area contributed by atoms with E-state index < -0.39 is 35.7 Å². The fraction of sp³-hybridized carbons (Fsp3) is 0.750. The minimum Gasteiger partial charge on any atom is -0.395 e. The van der Waals surface area contributed by atoms with Gasteiger partial charge >= 0.3 is 6.03 Å². The van der Waals surface area contributed by atoms with Gasteiger partial charge < -0.3 is 35.6 Å². The van der Waals surface area contributed by atoms with Gasteiger partial charge in [0.15, 0.2) is 0 Å². The zero-order valence-electron chi connectivity index (χ0n) is 22.7. The van der Waals surface area contributed by atoms with Crippen molar-refractivity contribution in [2.24, 2.45) is 17.6 Å². The fourth-order valence-electron chi connectivity index (χ4n) is 5.71. The average molecular weight is 558 g/mol. The zero-order chi connectivity index (χ0) is 27.7. The molecule has 5 N–H and O–H groups in total. The molecule has 2 aliphatic rings. The maximum absolute atomic E-state index is 15.1. The highest BCUT2D eigenvalue weighted by Gasteiger charge is 2.59. The number of benzene rings is 1. The molecule has 1 heterocycles. The van der Waals surface area contributed by atoms with Gasteiger partial charge in [-0.3, -0.25) is 0 Å². The maximum Gasteiger partial charge on any atom is 0.317 e. The first-order valence-electron chi connectivity index (χ1n) is 13.9. The number of nitrogens with one attached hydrogen (secondary N) is 1. The molecule has 1 aromatic rings. The van der Waals surface area contributed by atoms with Crippen molar-refractivity contribution in [2.45, 2.75) is 82.1 Å². The van der Waals surface area contributed by atoms with E-state index in [1.54, 1.807) is 19.2 Å². The monoisotopic (exact) mass is 557 g/mol. The number of urea groups is 1. The second-order valence-corrected chi connectivity index (χ2v) is 11.3. The number of carbonyl (C=O) groups is 1. The molecule has 2 amide bonds. The van der Waals surface area contributed by atoms with Crippen molar-refractivity contribution >= 4 is 17.6 Å². The summed E-state index contributed by atoms with van der Waals surface area (Å²) in [7, 11) is 1.64. The molecule has 1 saturated carbocycles. The highest BCUT2D eigenvalue weighted by Crippen LogP contribution is 2.52. The van der Waals surface area contributed by atoms with E-state index in [0.717, 1.165) is 38.5 Å². The van der Waals surface area contributed by atoms with Crippen LogP contribution in [0.5, 0.6) is 0 Å². The molecule has 2 fully saturated rings. The Labute approximate surface area is 231 Å². The number of carbonyl (C=O) groups excluding carboxylic acids is 1. The first-order valence-corrected chi connectivity index (χ1v) is 14.3. The molecule has 0 bridgehead atoms. The Morgan fingerprint density at radius 1 is 1.34 bits per heavy atom. The summed E-state index contributed by atoms with van der Waals surface area (Å²) < 4.78 is 26.3. The quantitative estimate of drug-likeness (QED) is 0.192. The maximum atomic E-state index is 15.1. The van der Waals surface area contributed by atoms with Crippen molar-refractivity contribution < 1.29 is 28.9 Å². The molecule has 4 atom stereocenters. The van der Waals surface area contributed by atoms with Gasteiger partial charge in [-0.2, -0.15) is 0 Å². The smallest absolute Gasteiger partial charge is 0.317 e. The van der Waals surface area contributed by atoms with Crippen LogP contribution in [0.2, 0.25) is 5.02 Å². The van der Waals surface area contributed by atoms with Crippen LogP contribution in [0.4, 0.5) is 9.18 Å². The topological polar surface area (TPSA) is 121 Å². The predicted octanol–water partition coefficient (Wildman–Crippen LogP) is 3.80. The number of aliphatic hydroxyl groups excluding tert-OH is 2. The third kappa shape index (κ3) is 8.02. The number of hydrogen-bond donors (Lipinski definition) is 4. The lowest BCUT2D eigenvalue weighted by atomic mass is 9.79. The molecule has 8 nitrogen and oxygen atoms in total. The molecular weight excluding hydrogens is 513 g/mol. The van der Waals surface area contributed by atoms with E-state index in [2.05, 4.69) is 12.2 Å². The lowest BCUT2D eigenvalue weighted by Crippen LogP contribution is -2.53. The number of hydrogen-bond acceptors (Lipinski definition) is 6. The number of aliphatic hydroxyl groups is 2. The van der Waals surface area contributed by atoms with Crippen molar-refractivity contribution in [1.82, 2.24) is 10.2 Å². The molecule has 1 aliphatic carbocycles. The number of methoxy groups -OCH3 is 1. The third-order valence-corrected chi connectivity index (χ3v) is 8.44. The standard InChI is InChI=1S/C28H45ClFN3O5/c1-19-8-10-20(11-9-19)16-23(24(35)17-31)32-27(36)33(13-14-34)18-25-28(38-25,12-3-4-15-37-2)21-6-5-7-22(29)26(21)30/h5-7,19-20,23-25,34-35H,3-4,8-18,31H2,1-2H3,(H,32,36)/t19?,20?,23-,24+,25+,28+/m0/s1. The van der Waals surface area contributed by atoms with Gasteiger partial charge in [-0.1, -0.05) is 56.3 Å². The normalized spacial score (nSPS) is 26.6. The summed E-state index contributed by atoms with van der Waals surface area (Å²) in [5.41, 5.74) is 5.23. The van der Waals surface area contributed by atoms with Crippen molar-refractivity contribution in [1.29, 1.82) is 0 Å². The van der Waals surface area contributed by atoms with Crippen LogP contribution in [-0.2, 0) is 15.1 Å². The number of rotatable bonds is 15. The van der Waals surface area contributed by atoms with Gasteiger partial charge in [-0.15, -0.1) is 0 Å². The number of nitrogens with two attached hydrogens (primary N) is 1. The Morgan fingerprint density at radius 3 is 2.74 bits per heavy atom. The summed E-state index contributed by atoms with van der Waals surface area (Å²) in [5, 5.41) is 23.3. The fourth-order valence-corrected chi connectivity index (χ4v) is 5.88. The number of ether oxygens (including phenoxy) is 2. The second-order valence-electron chi connectivity index (χ2n) is 10.9. The Morgan fingerprint density at radius 2 is 2.08 bits per heavy atom. The van der Waals surface area contributed by atoms with Gasteiger partial charge in [-0.25, -0.2) is 9.18 Å². The van der Waals surface area contributed by atoms with Crippen LogP contribution >= 0.6 is 11.6 Å². The summed E-state index contributed by atoms with van der Waals surface area (Å²) >= 11 is 6.08. The first-order chi connectivity index (χ1) is 18.2. The van der Waals surface area contributed by atoms with Crippen molar-refractivity contribution in [3.05, 3.63) is 34.6 Å². The Kier molecular flexibility index (Phi) is 12.1. The molecule has 1 aliphatic heterocycles. The molecule has 0 spiro atoms. The number of unbranched alkanes of at least 4 members (excludes halogenated alkanes) is 1. The van der Waals surface area contributed by atoms with Crippen LogP contribution in [-0.4, -0.2) is 79.4 Å². The minimum atomic E-state index is -0.911. The lowest BCUT2D eigenvalue weighted by molar-refractivity contribution is 0.106. The summed E-state index contributed by atoms with van der Waals surface area (Å²) in [6, 6.07) is 3.97. The third-order valence-electron chi connectivity index (χ3n) is 8.15. The predicted molar refractivity (Wildman–Crippen MR) is 145 cm³/mol. The SMILES string of the molecule is COCCCC[C@]1(c2cccc(Cl)c2F)O[C@@H]1CN(CCO)C(=O)N[C@@H](CC1CCC(C)CC1)[C@H](O)CN. The van der Waals surface area contributed by atoms with E-state index in [1.165, 1.54) is 11.0 Å². The zero-order valence-corrected chi connectivity index (χ0v) is 23.5. The molecule has 1 aromatic carbocycles. The van der Waals surface area contributed by atoms with E-state index in [9.17, 15) is 15.0 Å². The average Bonchev–Trinajstić information content (AvgIpc) is 3.61. The van der Waals surface area contributed by atoms with Crippen LogP contribution in [0.1, 0.15) is 63.9 Å². The molecule has 3 rings (SSSR count). The number of epoxide rings is 1. The van der Waals surface area contributed by atoms with Crippen LogP contribution in [0, 0.1) is 17.7 Å². The lowest BCUT2D eigenvalue weighted by Gasteiger charge is -2.33. The van der Waals surface area contributed by atoms with E-state index in [0.29, 0.717) is 36.8 Å². The summed E-state index contributed by atoms with van der Waals surface area (Å²) in [5.74, 6) is 0.604. The van der Waals surface area contributed by atoms with Crippen molar-refractivity contribution in [2.75, 3.05) is 40.0 Å². The van der Waals surface area contributed by atoms with E-state index in [4.69, 9.17) is 26.8 Å².